The molecule has 150 valence electrons. The number of nitrogens with zero attached hydrogens (tertiary/aromatic N) is 3. The Kier molecular flexibility index (Phi) is 7.62. The molecule has 0 radical (unpaired) electrons. The third-order valence-electron chi connectivity index (χ3n) is 4.85. The van der Waals surface area contributed by atoms with Crippen molar-refractivity contribution in [2.75, 3.05) is 26.2 Å². The van der Waals surface area contributed by atoms with Crippen LogP contribution < -0.4 is 10.6 Å². The summed E-state index contributed by atoms with van der Waals surface area (Å²) < 4.78 is 14.6. The van der Waals surface area contributed by atoms with Gasteiger partial charge in [-0.25, -0.2) is 9.38 Å². The van der Waals surface area contributed by atoms with Crippen LogP contribution in [0.15, 0.2) is 47.6 Å². The molecule has 0 aliphatic carbocycles. The van der Waals surface area contributed by atoms with E-state index in [1.165, 1.54) is 6.07 Å². The Morgan fingerprint density at radius 3 is 2.71 bits per heavy atom. The maximum Gasteiger partial charge on any atom is 0.191 e. The van der Waals surface area contributed by atoms with Gasteiger partial charge in [0.2, 0.25) is 0 Å². The van der Waals surface area contributed by atoms with Crippen LogP contribution in [0.5, 0.6) is 0 Å². The molecule has 1 unspecified atom stereocenters. The second kappa shape index (κ2) is 10.4. The number of halogens is 2. The molecule has 1 aromatic heterocycles. The van der Waals surface area contributed by atoms with Crippen molar-refractivity contribution < 1.29 is 4.39 Å². The number of pyridine rings is 1. The van der Waals surface area contributed by atoms with Gasteiger partial charge in [0, 0.05) is 29.9 Å². The highest BCUT2D eigenvalue weighted by atomic mass is 35.5. The molecule has 3 rings (SSSR count). The van der Waals surface area contributed by atoms with Gasteiger partial charge in [0.15, 0.2) is 5.96 Å². The lowest BCUT2D eigenvalue weighted by Crippen LogP contribution is -2.43. The molecule has 2 aromatic rings. The second-order valence-electron chi connectivity index (χ2n) is 6.79. The van der Waals surface area contributed by atoms with Crippen LogP contribution in [-0.2, 0) is 6.54 Å². The molecule has 1 fully saturated rings. The fourth-order valence-corrected chi connectivity index (χ4v) is 3.77. The molecular formula is C21H27ClFN5. The first-order chi connectivity index (χ1) is 13.7. The van der Waals surface area contributed by atoms with Crippen molar-refractivity contribution >= 4 is 17.6 Å². The quantitative estimate of drug-likeness (QED) is 0.546. The summed E-state index contributed by atoms with van der Waals surface area (Å²) >= 11 is 6.37. The van der Waals surface area contributed by atoms with Crippen LogP contribution in [0.2, 0.25) is 5.02 Å². The topological polar surface area (TPSA) is 52.6 Å². The summed E-state index contributed by atoms with van der Waals surface area (Å²) in [5.41, 5.74) is 1.45. The van der Waals surface area contributed by atoms with E-state index in [4.69, 9.17) is 11.6 Å². The van der Waals surface area contributed by atoms with Gasteiger partial charge >= 0.3 is 0 Å². The fourth-order valence-electron chi connectivity index (χ4n) is 3.48. The smallest absolute Gasteiger partial charge is 0.191 e. The monoisotopic (exact) mass is 403 g/mol. The summed E-state index contributed by atoms with van der Waals surface area (Å²) in [4.78, 5) is 11.2. The number of rotatable bonds is 7. The van der Waals surface area contributed by atoms with Crippen LogP contribution in [0.4, 0.5) is 4.39 Å². The molecular weight excluding hydrogens is 377 g/mol. The minimum absolute atomic E-state index is 0.144. The minimum atomic E-state index is -0.262. The van der Waals surface area contributed by atoms with Crippen molar-refractivity contribution in [2.24, 2.45) is 4.99 Å². The Labute approximate surface area is 171 Å². The van der Waals surface area contributed by atoms with E-state index < -0.39 is 0 Å². The molecule has 28 heavy (non-hydrogen) atoms. The van der Waals surface area contributed by atoms with Gasteiger partial charge < -0.3 is 10.6 Å². The maximum atomic E-state index is 14.6. The molecule has 5 nitrogen and oxygen atoms in total. The van der Waals surface area contributed by atoms with Gasteiger partial charge in [-0.05, 0) is 57.1 Å². The Bertz CT molecular complexity index is 757. The van der Waals surface area contributed by atoms with Gasteiger partial charge in [-0.15, -0.1) is 0 Å². The van der Waals surface area contributed by atoms with E-state index in [-0.39, 0.29) is 11.9 Å². The van der Waals surface area contributed by atoms with Crippen LogP contribution in [0, 0.1) is 5.82 Å². The number of guanidine groups is 1. The number of likely N-dealkylation sites (tertiary alicyclic amines) is 1. The molecule has 1 aliphatic rings. The van der Waals surface area contributed by atoms with E-state index in [0.717, 1.165) is 38.2 Å². The van der Waals surface area contributed by atoms with Crippen molar-refractivity contribution in [3.8, 4) is 0 Å². The van der Waals surface area contributed by atoms with Crippen LogP contribution in [0.1, 0.15) is 37.1 Å². The Morgan fingerprint density at radius 2 is 2.04 bits per heavy atom. The van der Waals surface area contributed by atoms with E-state index in [2.05, 4.69) is 25.5 Å². The molecule has 2 heterocycles. The highest BCUT2D eigenvalue weighted by Crippen LogP contribution is 2.31. The predicted octanol–water partition coefficient (Wildman–Crippen LogP) is 3.77. The number of aromatic nitrogens is 1. The summed E-state index contributed by atoms with van der Waals surface area (Å²) in [6, 6.07) is 10.5. The van der Waals surface area contributed by atoms with E-state index in [0.29, 0.717) is 29.6 Å². The highest BCUT2D eigenvalue weighted by Gasteiger charge is 2.27. The average Bonchev–Trinajstić information content (AvgIpc) is 3.23. The maximum absolute atomic E-state index is 14.6. The zero-order chi connectivity index (χ0) is 19.8. The Balaban J connectivity index is 1.75. The molecule has 0 bridgehead atoms. The van der Waals surface area contributed by atoms with Crippen LogP contribution >= 0.6 is 11.6 Å². The zero-order valence-corrected chi connectivity index (χ0v) is 16.9. The molecule has 0 saturated carbocycles. The van der Waals surface area contributed by atoms with Crippen molar-refractivity contribution in [2.45, 2.75) is 32.4 Å². The normalized spacial score (nSPS) is 16.2. The number of nitrogens with one attached hydrogen (secondary N) is 2. The molecule has 2 N–H and O–H groups in total. The average molecular weight is 404 g/mol. The summed E-state index contributed by atoms with van der Waals surface area (Å²) in [6.45, 7) is 5.64. The van der Waals surface area contributed by atoms with Gasteiger partial charge in [0.05, 0.1) is 18.3 Å². The fraction of sp³-hybridized carbons (Fsp3) is 0.429. The third kappa shape index (κ3) is 5.42. The summed E-state index contributed by atoms with van der Waals surface area (Å²) in [7, 11) is 0. The zero-order valence-electron chi connectivity index (χ0n) is 16.2. The molecule has 0 spiro atoms. The number of hydrogen-bond donors (Lipinski definition) is 2. The summed E-state index contributed by atoms with van der Waals surface area (Å²) in [6.07, 6.45) is 4.00. The predicted molar refractivity (Wildman–Crippen MR) is 112 cm³/mol. The van der Waals surface area contributed by atoms with Crippen molar-refractivity contribution in [3.05, 3.63) is 64.7 Å². The van der Waals surface area contributed by atoms with E-state index in [9.17, 15) is 4.39 Å². The number of aliphatic imine (C=N–C) groups is 1. The van der Waals surface area contributed by atoms with Crippen molar-refractivity contribution in [1.29, 1.82) is 0 Å². The van der Waals surface area contributed by atoms with Crippen LogP contribution in [0.3, 0.4) is 0 Å². The molecule has 1 saturated heterocycles. The van der Waals surface area contributed by atoms with Crippen molar-refractivity contribution in [1.82, 2.24) is 20.5 Å². The number of hydrogen-bond acceptors (Lipinski definition) is 3. The molecule has 1 aliphatic heterocycles. The first-order valence-corrected chi connectivity index (χ1v) is 10.2. The van der Waals surface area contributed by atoms with Gasteiger partial charge in [-0.1, -0.05) is 23.7 Å². The molecule has 1 aromatic carbocycles. The Morgan fingerprint density at radius 1 is 1.21 bits per heavy atom. The lowest BCUT2D eigenvalue weighted by molar-refractivity contribution is 0.240. The third-order valence-corrected chi connectivity index (χ3v) is 5.18. The van der Waals surface area contributed by atoms with Crippen molar-refractivity contribution in [3.63, 3.8) is 0 Å². The lowest BCUT2D eigenvalue weighted by Gasteiger charge is -2.29. The van der Waals surface area contributed by atoms with Gasteiger partial charge in [0.1, 0.15) is 5.82 Å². The van der Waals surface area contributed by atoms with Crippen LogP contribution in [-0.4, -0.2) is 42.0 Å². The summed E-state index contributed by atoms with van der Waals surface area (Å²) in [5, 5.41) is 7.08. The first-order valence-electron chi connectivity index (χ1n) is 9.79. The molecule has 7 heteroatoms. The number of benzene rings is 1. The van der Waals surface area contributed by atoms with E-state index in [1.807, 2.05) is 25.1 Å². The van der Waals surface area contributed by atoms with E-state index in [1.54, 1.807) is 18.3 Å². The largest absolute Gasteiger partial charge is 0.357 e. The first kappa shape index (κ1) is 20.6. The minimum Gasteiger partial charge on any atom is -0.357 e. The van der Waals surface area contributed by atoms with Gasteiger partial charge in [0.25, 0.3) is 0 Å². The Hall–Kier alpha value is -2.18. The SMILES string of the molecule is CCNC(=NCc1ccccn1)NCC(c1c(F)cccc1Cl)N1CCCC1. The summed E-state index contributed by atoms with van der Waals surface area (Å²) in [5.74, 6) is 0.423. The van der Waals surface area contributed by atoms with E-state index >= 15 is 0 Å². The van der Waals surface area contributed by atoms with Gasteiger partial charge in [-0.2, -0.15) is 0 Å². The standard InChI is InChI=1S/C21H27ClFN5/c1-2-24-21(26-14-16-8-3-4-11-25-16)27-15-19(28-12-5-6-13-28)20-17(22)9-7-10-18(20)23/h3-4,7-11,19H,2,5-6,12-15H2,1H3,(H2,24,26,27). The second-order valence-corrected chi connectivity index (χ2v) is 7.20. The highest BCUT2D eigenvalue weighted by molar-refractivity contribution is 6.31. The lowest BCUT2D eigenvalue weighted by atomic mass is 10.0. The molecule has 0 amide bonds. The van der Waals surface area contributed by atoms with Gasteiger partial charge in [-0.3, -0.25) is 9.88 Å². The molecule has 1 atom stereocenters. The van der Waals surface area contributed by atoms with Crippen LogP contribution in [0.25, 0.3) is 0 Å².